The molecule has 2 fully saturated rings. The van der Waals surface area contributed by atoms with E-state index in [9.17, 15) is 18.0 Å². The highest BCUT2D eigenvalue weighted by atomic mass is 32.2. The standard InChI is InChI=1S/C17H32N4O4S/c1-10(2)14(19-16(22)12(4)18-5)17(23)20-8-7-13-15(20)11(3)9-21(13)26(6,24)25/h10-15,18H,7-9H2,1-6H3,(H,19,22). The van der Waals surface area contributed by atoms with Crippen LogP contribution < -0.4 is 10.6 Å². The number of carbonyl (C=O) groups excluding carboxylic acids is 2. The van der Waals surface area contributed by atoms with Gasteiger partial charge in [-0.2, -0.15) is 4.31 Å². The average molecular weight is 389 g/mol. The molecule has 2 aliphatic heterocycles. The summed E-state index contributed by atoms with van der Waals surface area (Å²) in [5, 5.41) is 5.73. The van der Waals surface area contributed by atoms with E-state index in [0.717, 1.165) is 0 Å². The van der Waals surface area contributed by atoms with Gasteiger partial charge in [-0.3, -0.25) is 9.59 Å². The van der Waals surface area contributed by atoms with E-state index in [1.807, 2.05) is 20.8 Å². The topological polar surface area (TPSA) is 98.8 Å². The first kappa shape index (κ1) is 21.1. The smallest absolute Gasteiger partial charge is 0.245 e. The minimum absolute atomic E-state index is 0.0581. The lowest BCUT2D eigenvalue weighted by molar-refractivity contribution is -0.139. The molecule has 8 nitrogen and oxygen atoms in total. The van der Waals surface area contributed by atoms with E-state index in [2.05, 4.69) is 10.6 Å². The summed E-state index contributed by atoms with van der Waals surface area (Å²) in [4.78, 5) is 27.2. The largest absolute Gasteiger partial charge is 0.343 e. The van der Waals surface area contributed by atoms with Crippen molar-refractivity contribution in [3.05, 3.63) is 0 Å². The molecular formula is C17H32N4O4S. The highest BCUT2D eigenvalue weighted by molar-refractivity contribution is 7.88. The van der Waals surface area contributed by atoms with Crippen LogP contribution in [0.4, 0.5) is 0 Å². The van der Waals surface area contributed by atoms with Crippen molar-refractivity contribution in [3.63, 3.8) is 0 Å². The summed E-state index contributed by atoms with van der Waals surface area (Å²) in [6.07, 6.45) is 1.86. The Hall–Kier alpha value is -1.19. The molecule has 9 heteroatoms. The SMILES string of the molecule is CNC(C)C(=O)NC(C(=O)N1CCC2C1C(C)CN2S(C)(=O)=O)C(C)C. The van der Waals surface area contributed by atoms with Gasteiger partial charge in [0.05, 0.1) is 18.3 Å². The Morgan fingerprint density at radius 2 is 1.81 bits per heavy atom. The Bertz CT molecular complexity index is 651. The summed E-state index contributed by atoms with van der Waals surface area (Å²) in [6, 6.07) is -1.29. The van der Waals surface area contributed by atoms with Crippen LogP contribution in [0.1, 0.15) is 34.1 Å². The molecule has 150 valence electrons. The number of likely N-dealkylation sites (tertiary alicyclic amines) is 1. The van der Waals surface area contributed by atoms with E-state index in [-0.39, 0.29) is 41.8 Å². The molecule has 0 aromatic carbocycles. The summed E-state index contributed by atoms with van der Waals surface area (Å²) in [5.74, 6) is -0.322. The zero-order valence-corrected chi connectivity index (χ0v) is 17.3. The lowest BCUT2D eigenvalue weighted by Gasteiger charge is -2.32. The van der Waals surface area contributed by atoms with E-state index >= 15 is 0 Å². The van der Waals surface area contributed by atoms with Crippen molar-refractivity contribution in [2.24, 2.45) is 11.8 Å². The third-order valence-corrected chi connectivity index (χ3v) is 6.88. The van der Waals surface area contributed by atoms with Crippen molar-refractivity contribution in [1.29, 1.82) is 0 Å². The van der Waals surface area contributed by atoms with Gasteiger partial charge in [0.15, 0.2) is 0 Å². The molecular weight excluding hydrogens is 356 g/mol. The second-order valence-electron chi connectivity index (χ2n) is 7.93. The van der Waals surface area contributed by atoms with Gasteiger partial charge in [0, 0.05) is 19.1 Å². The zero-order valence-electron chi connectivity index (χ0n) is 16.5. The van der Waals surface area contributed by atoms with E-state index in [1.54, 1.807) is 18.9 Å². The van der Waals surface area contributed by atoms with Crippen molar-refractivity contribution in [1.82, 2.24) is 19.8 Å². The van der Waals surface area contributed by atoms with Gasteiger partial charge in [-0.05, 0) is 32.2 Å². The lowest BCUT2D eigenvalue weighted by Crippen LogP contribution is -2.56. The number of fused-ring (bicyclic) bond motifs is 1. The third-order valence-electron chi connectivity index (χ3n) is 5.61. The molecule has 0 spiro atoms. The predicted molar refractivity (Wildman–Crippen MR) is 99.9 cm³/mol. The molecule has 2 N–H and O–H groups in total. The van der Waals surface area contributed by atoms with Crippen LogP contribution in [0.15, 0.2) is 0 Å². The predicted octanol–water partition coefficient (Wildman–Crippen LogP) is -0.384. The monoisotopic (exact) mass is 388 g/mol. The van der Waals surface area contributed by atoms with Crippen molar-refractivity contribution >= 4 is 21.8 Å². The maximum absolute atomic E-state index is 13.2. The van der Waals surface area contributed by atoms with Crippen LogP contribution in [0.3, 0.4) is 0 Å². The van der Waals surface area contributed by atoms with Gasteiger partial charge >= 0.3 is 0 Å². The first-order chi connectivity index (χ1) is 12.0. The van der Waals surface area contributed by atoms with Crippen LogP contribution in [0.5, 0.6) is 0 Å². The van der Waals surface area contributed by atoms with Crippen molar-refractivity contribution < 1.29 is 18.0 Å². The molecule has 2 saturated heterocycles. The highest BCUT2D eigenvalue weighted by Gasteiger charge is 2.52. The average Bonchev–Trinajstić information content (AvgIpc) is 3.11. The van der Waals surface area contributed by atoms with Gasteiger partial charge in [-0.25, -0.2) is 8.42 Å². The fraction of sp³-hybridized carbons (Fsp3) is 0.882. The molecule has 2 rings (SSSR count). The number of nitrogens with one attached hydrogen (secondary N) is 2. The molecule has 2 amide bonds. The summed E-state index contributed by atoms with van der Waals surface area (Å²) in [5.41, 5.74) is 0. The normalized spacial score (nSPS) is 28.9. The molecule has 0 aromatic rings. The summed E-state index contributed by atoms with van der Waals surface area (Å²) in [6.45, 7) is 8.49. The Labute approximate surface area is 156 Å². The van der Waals surface area contributed by atoms with Crippen molar-refractivity contribution in [3.8, 4) is 0 Å². The summed E-state index contributed by atoms with van der Waals surface area (Å²) < 4.78 is 25.6. The Morgan fingerprint density at radius 3 is 2.31 bits per heavy atom. The second kappa shape index (κ2) is 7.82. The Morgan fingerprint density at radius 1 is 1.19 bits per heavy atom. The van der Waals surface area contributed by atoms with Gasteiger partial charge in [0.25, 0.3) is 0 Å². The van der Waals surface area contributed by atoms with Crippen LogP contribution in [0, 0.1) is 11.8 Å². The Kier molecular flexibility index (Phi) is 6.35. The Balaban J connectivity index is 2.19. The molecule has 2 heterocycles. The third kappa shape index (κ3) is 4.04. The first-order valence-corrected chi connectivity index (χ1v) is 11.1. The maximum Gasteiger partial charge on any atom is 0.245 e. The van der Waals surface area contributed by atoms with Crippen molar-refractivity contribution in [2.75, 3.05) is 26.4 Å². The molecule has 2 aliphatic rings. The maximum atomic E-state index is 13.2. The molecule has 0 saturated carbocycles. The molecule has 5 unspecified atom stereocenters. The molecule has 0 bridgehead atoms. The second-order valence-corrected chi connectivity index (χ2v) is 9.86. The number of carbonyl (C=O) groups is 2. The zero-order chi connectivity index (χ0) is 19.8. The molecule has 26 heavy (non-hydrogen) atoms. The van der Waals surface area contributed by atoms with Crippen LogP contribution in [0.2, 0.25) is 0 Å². The minimum Gasteiger partial charge on any atom is -0.343 e. The fourth-order valence-corrected chi connectivity index (χ4v) is 5.29. The molecule has 5 atom stereocenters. The number of rotatable bonds is 6. The molecule has 0 radical (unpaired) electrons. The van der Waals surface area contributed by atoms with Crippen LogP contribution in [-0.2, 0) is 19.6 Å². The van der Waals surface area contributed by atoms with Crippen molar-refractivity contribution in [2.45, 2.75) is 58.3 Å². The number of hydrogen-bond donors (Lipinski definition) is 2. The number of amides is 2. The number of nitrogens with zero attached hydrogens (tertiary/aromatic N) is 2. The number of hydrogen-bond acceptors (Lipinski definition) is 5. The van der Waals surface area contributed by atoms with Gasteiger partial charge in [0.1, 0.15) is 6.04 Å². The highest BCUT2D eigenvalue weighted by Crippen LogP contribution is 2.37. The molecule has 0 aromatic heterocycles. The van der Waals surface area contributed by atoms with Gasteiger partial charge in [0.2, 0.25) is 21.8 Å². The quantitative estimate of drug-likeness (QED) is 0.646. The van der Waals surface area contributed by atoms with E-state index < -0.39 is 16.1 Å². The first-order valence-electron chi connectivity index (χ1n) is 9.24. The molecule has 0 aliphatic carbocycles. The van der Waals surface area contributed by atoms with E-state index in [0.29, 0.717) is 19.5 Å². The van der Waals surface area contributed by atoms with Crippen LogP contribution in [0.25, 0.3) is 0 Å². The van der Waals surface area contributed by atoms with E-state index in [4.69, 9.17) is 0 Å². The summed E-state index contributed by atoms with van der Waals surface area (Å²) in [7, 11) is -1.60. The fourth-order valence-electron chi connectivity index (χ4n) is 4.07. The van der Waals surface area contributed by atoms with Crippen LogP contribution in [-0.4, -0.2) is 80.0 Å². The van der Waals surface area contributed by atoms with Gasteiger partial charge in [-0.15, -0.1) is 0 Å². The number of sulfonamides is 1. The number of likely N-dealkylation sites (N-methyl/N-ethyl adjacent to an activating group) is 1. The minimum atomic E-state index is -3.29. The van der Waals surface area contributed by atoms with Crippen LogP contribution >= 0.6 is 0 Å². The lowest BCUT2D eigenvalue weighted by atomic mass is 9.98. The summed E-state index contributed by atoms with van der Waals surface area (Å²) >= 11 is 0. The van der Waals surface area contributed by atoms with Gasteiger partial charge in [-0.1, -0.05) is 20.8 Å². The van der Waals surface area contributed by atoms with Gasteiger partial charge < -0.3 is 15.5 Å². The van der Waals surface area contributed by atoms with E-state index in [1.165, 1.54) is 10.6 Å².